The number of carbonyl (C=O) groups excluding carboxylic acids is 2. The predicted octanol–water partition coefficient (Wildman–Crippen LogP) is 2.34. The van der Waals surface area contributed by atoms with Gasteiger partial charge in [-0.1, -0.05) is 0 Å². The van der Waals surface area contributed by atoms with Crippen molar-refractivity contribution in [2.45, 2.75) is 56.6 Å². The molecular formula is C26H24FN3O6S. The number of amides is 1. The molecule has 2 aromatic heterocycles. The van der Waals surface area contributed by atoms with Crippen molar-refractivity contribution in [1.82, 2.24) is 14.5 Å². The summed E-state index contributed by atoms with van der Waals surface area (Å²) in [6.07, 6.45) is -1.73. The minimum absolute atomic E-state index is 0.164. The third-order valence-corrected chi connectivity index (χ3v) is 8.89. The molecule has 3 aliphatic heterocycles. The van der Waals surface area contributed by atoms with Crippen LogP contribution in [-0.4, -0.2) is 55.4 Å². The molecule has 192 valence electrons. The molecule has 0 spiro atoms. The maximum absolute atomic E-state index is 14.9. The highest BCUT2D eigenvalue weighted by atomic mass is 32.2. The second-order valence-electron chi connectivity index (χ2n) is 9.66. The first-order valence-electron chi connectivity index (χ1n) is 12.0. The number of fused-ring (bicyclic) bond motifs is 4. The fourth-order valence-corrected chi connectivity index (χ4v) is 7.13. The summed E-state index contributed by atoms with van der Waals surface area (Å²) in [6, 6.07) is 2.66. The van der Waals surface area contributed by atoms with E-state index in [9.17, 15) is 29.0 Å². The fourth-order valence-electron chi connectivity index (χ4n) is 5.79. The van der Waals surface area contributed by atoms with Crippen molar-refractivity contribution in [3.05, 3.63) is 56.1 Å². The number of carbonyl (C=O) groups is 2. The number of rotatable bonds is 5. The van der Waals surface area contributed by atoms with E-state index in [1.165, 1.54) is 29.3 Å². The summed E-state index contributed by atoms with van der Waals surface area (Å²) in [5, 5.41) is 21.3. The van der Waals surface area contributed by atoms with Gasteiger partial charge in [0.2, 0.25) is 0 Å². The maximum atomic E-state index is 14.9. The molecule has 37 heavy (non-hydrogen) atoms. The van der Waals surface area contributed by atoms with Gasteiger partial charge in [0.15, 0.2) is 0 Å². The van der Waals surface area contributed by atoms with Gasteiger partial charge in [0, 0.05) is 34.2 Å². The van der Waals surface area contributed by atoms with E-state index in [0.29, 0.717) is 46.7 Å². The second kappa shape index (κ2) is 8.64. The van der Waals surface area contributed by atoms with Crippen LogP contribution in [0.4, 0.5) is 4.39 Å². The van der Waals surface area contributed by atoms with E-state index >= 15 is 0 Å². The van der Waals surface area contributed by atoms with Gasteiger partial charge < -0.3 is 24.4 Å². The molecule has 1 aromatic carbocycles. The Kier molecular flexibility index (Phi) is 5.62. The van der Waals surface area contributed by atoms with Crippen molar-refractivity contribution < 1.29 is 28.9 Å². The van der Waals surface area contributed by atoms with E-state index in [0.717, 1.165) is 21.4 Å². The highest BCUT2D eigenvalue weighted by molar-refractivity contribution is 7.99. The molecule has 5 heterocycles. The third-order valence-electron chi connectivity index (χ3n) is 7.60. The second-order valence-corrected chi connectivity index (χ2v) is 10.7. The van der Waals surface area contributed by atoms with Crippen LogP contribution >= 0.6 is 11.8 Å². The van der Waals surface area contributed by atoms with Crippen molar-refractivity contribution in [2.75, 3.05) is 12.3 Å². The number of aliphatic hydroxyl groups excluding tert-OH is 2. The zero-order chi connectivity index (χ0) is 26.2. The zero-order valence-electron chi connectivity index (χ0n) is 20.2. The number of hydrogen-bond acceptors (Lipinski definition) is 8. The first kappa shape index (κ1) is 24.1. The van der Waals surface area contributed by atoms with Crippen LogP contribution < -0.4 is 5.56 Å². The van der Waals surface area contributed by atoms with Crippen LogP contribution in [0.15, 0.2) is 21.8 Å². The fraction of sp³-hybridized carbons (Fsp3) is 0.385. The summed E-state index contributed by atoms with van der Waals surface area (Å²) in [4.78, 5) is 44.4. The van der Waals surface area contributed by atoms with Gasteiger partial charge in [-0.3, -0.25) is 14.4 Å². The predicted molar refractivity (Wildman–Crippen MR) is 133 cm³/mol. The number of aromatic nitrogens is 2. The largest absolute Gasteiger partial charge is 0.463 e. The lowest BCUT2D eigenvalue weighted by Gasteiger charge is -2.34. The normalized spacial score (nSPS) is 20.8. The molecule has 3 atom stereocenters. The van der Waals surface area contributed by atoms with Crippen LogP contribution in [0.1, 0.15) is 53.3 Å². The van der Waals surface area contributed by atoms with Crippen LogP contribution in [0, 0.1) is 12.7 Å². The Hall–Kier alpha value is -3.28. The van der Waals surface area contributed by atoms with Gasteiger partial charge in [-0.25, -0.2) is 9.37 Å². The number of pyridine rings is 2. The number of hydrogen-bond donors (Lipinski definition) is 2. The highest BCUT2D eigenvalue weighted by Crippen LogP contribution is 2.50. The molecule has 6 rings (SSSR count). The molecule has 3 unspecified atom stereocenters. The van der Waals surface area contributed by atoms with Gasteiger partial charge in [-0.2, -0.15) is 0 Å². The molecule has 2 N–H and O–H groups in total. The lowest BCUT2D eigenvalue weighted by atomic mass is 9.92. The van der Waals surface area contributed by atoms with Crippen molar-refractivity contribution >= 4 is 35.0 Å². The summed E-state index contributed by atoms with van der Waals surface area (Å²) in [6.45, 7) is 3.76. The van der Waals surface area contributed by atoms with E-state index < -0.39 is 17.8 Å². The van der Waals surface area contributed by atoms with Gasteiger partial charge in [0.1, 0.15) is 18.5 Å². The number of benzene rings is 1. The average molecular weight is 526 g/mol. The smallest absolute Gasteiger partial charge is 0.293 e. The standard InChI is InChI=1S/C26H24FN3O6S/c1-11-16(27)6-17-22-21(19(9-37-24(11)22)29-4-3-20(33)26(29)35)14-7-30-18(23(14)28-17)5-13(12(2)32)15(25(30)34)8-36-10-31/h5-6,10,12,19-20,32-33H,3-4,7-9H2,1-2H3. The van der Waals surface area contributed by atoms with Gasteiger partial charge in [-0.15, -0.1) is 11.8 Å². The van der Waals surface area contributed by atoms with E-state index in [1.54, 1.807) is 17.9 Å². The van der Waals surface area contributed by atoms with Gasteiger partial charge >= 0.3 is 0 Å². The summed E-state index contributed by atoms with van der Waals surface area (Å²) in [5.74, 6) is -0.255. The van der Waals surface area contributed by atoms with E-state index in [4.69, 9.17) is 9.72 Å². The summed E-state index contributed by atoms with van der Waals surface area (Å²) in [7, 11) is 0. The number of thioether (sulfide) groups is 1. The van der Waals surface area contributed by atoms with E-state index in [1.807, 2.05) is 0 Å². The van der Waals surface area contributed by atoms with Crippen molar-refractivity contribution in [1.29, 1.82) is 0 Å². The lowest BCUT2D eigenvalue weighted by Crippen LogP contribution is -2.36. The topological polar surface area (TPSA) is 122 Å². The van der Waals surface area contributed by atoms with Gasteiger partial charge in [-0.05, 0) is 43.0 Å². The number of likely N-dealkylation sites (tertiary alicyclic amines) is 1. The molecule has 0 radical (unpaired) electrons. The Labute approximate surface area is 214 Å². The van der Waals surface area contributed by atoms with Crippen LogP contribution in [0.25, 0.3) is 22.3 Å². The maximum Gasteiger partial charge on any atom is 0.293 e. The molecule has 0 bridgehead atoms. The van der Waals surface area contributed by atoms with Crippen molar-refractivity contribution in [3.8, 4) is 11.4 Å². The number of nitrogens with zero attached hydrogens (tertiary/aromatic N) is 3. The summed E-state index contributed by atoms with van der Waals surface area (Å²) in [5.41, 5.74) is 3.52. The third kappa shape index (κ3) is 3.44. The Morgan fingerprint density at radius 3 is 2.81 bits per heavy atom. The molecule has 9 nitrogen and oxygen atoms in total. The molecule has 3 aromatic rings. The van der Waals surface area contributed by atoms with Gasteiger partial charge in [0.05, 0.1) is 41.2 Å². The van der Waals surface area contributed by atoms with E-state index in [-0.39, 0.29) is 43.0 Å². The molecular weight excluding hydrogens is 501 g/mol. The highest BCUT2D eigenvalue weighted by Gasteiger charge is 2.41. The molecule has 3 aliphatic rings. The van der Waals surface area contributed by atoms with Crippen molar-refractivity contribution in [2.24, 2.45) is 0 Å². The Morgan fingerprint density at radius 2 is 2.14 bits per heavy atom. The first-order chi connectivity index (χ1) is 17.7. The molecule has 0 saturated carbocycles. The number of ether oxygens (including phenoxy) is 1. The lowest BCUT2D eigenvalue weighted by molar-refractivity contribution is -0.136. The monoisotopic (exact) mass is 525 g/mol. The molecule has 1 saturated heterocycles. The summed E-state index contributed by atoms with van der Waals surface area (Å²) < 4.78 is 21.3. The molecule has 1 fully saturated rings. The Morgan fingerprint density at radius 1 is 1.35 bits per heavy atom. The average Bonchev–Trinajstić information content (AvgIpc) is 3.41. The van der Waals surface area contributed by atoms with Crippen LogP contribution in [0.5, 0.6) is 0 Å². The van der Waals surface area contributed by atoms with Gasteiger partial charge in [0.25, 0.3) is 17.9 Å². The number of halogens is 1. The minimum Gasteiger partial charge on any atom is -0.463 e. The Bertz CT molecular complexity index is 1570. The first-order valence-corrected chi connectivity index (χ1v) is 13.0. The van der Waals surface area contributed by atoms with E-state index in [2.05, 4.69) is 0 Å². The number of aliphatic hydroxyl groups is 2. The Balaban J connectivity index is 1.64. The SMILES string of the molecule is Cc1c(F)cc2nc3c(c4c2c1SCC4N1CCC(O)C1=O)Cn1c-3cc(C(C)O)c(COC=O)c1=O. The molecule has 0 aliphatic carbocycles. The molecule has 1 amide bonds. The van der Waals surface area contributed by atoms with Crippen molar-refractivity contribution in [3.63, 3.8) is 0 Å². The summed E-state index contributed by atoms with van der Waals surface area (Å²) >= 11 is 1.46. The molecule has 11 heteroatoms. The van der Waals surface area contributed by atoms with Crippen LogP contribution in [0.2, 0.25) is 0 Å². The van der Waals surface area contributed by atoms with Crippen LogP contribution in [0.3, 0.4) is 0 Å². The van der Waals surface area contributed by atoms with Crippen LogP contribution in [-0.2, 0) is 27.5 Å². The zero-order valence-corrected chi connectivity index (χ0v) is 21.0. The minimum atomic E-state index is -1.06. The quantitative estimate of drug-likeness (QED) is 0.381.